The molecule has 2 rings (SSSR count). The number of benzene rings is 1. The quantitative estimate of drug-likeness (QED) is 0.873. The van der Waals surface area contributed by atoms with Gasteiger partial charge in [0.1, 0.15) is 0 Å². The smallest absolute Gasteiger partial charge is 0.253 e. The summed E-state index contributed by atoms with van der Waals surface area (Å²) in [7, 11) is 3.92. The second kappa shape index (κ2) is 6.04. The Morgan fingerprint density at radius 2 is 2.05 bits per heavy atom. The van der Waals surface area contributed by atoms with Crippen molar-refractivity contribution >= 4 is 5.91 Å². The maximum Gasteiger partial charge on any atom is 0.253 e. The van der Waals surface area contributed by atoms with E-state index in [2.05, 4.69) is 0 Å². The van der Waals surface area contributed by atoms with Crippen LogP contribution in [0.3, 0.4) is 0 Å². The van der Waals surface area contributed by atoms with E-state index in [4.69, 9.17) is 5.26 Å². The molecule has 1 N–H and O–H groups in total. The number of nitrogens with zero attached hydrogens (tertiary/aromatic N) is 3. The number of aliphatic hydroxyl groups is 1. The summed E-state index contributed by atoms with van der Waals surface area (Å²) in [4.78, 5) is 16.2. The summed E-state index contributed by atoms with van der Waals surface area (Å²) in [5.41, 5.74) is 1.13. The van der Waals surface area contributed by atoms with Crippen molar-refractivity contribution < 1.29 is 9.90 Å². The lowest BCUT2D eigenvalue weighted by molar-refractivity contribution is 0.0779. The van der Waals surface area contributed by atoms with E-state index in [9.17, 15) is 9.90 Å². The van der Waals surface area contributed by atoms with Crippen molar-refractivity contribution in [1.82, 2.24) is 9.80 Å². The fourth-order valence-corrected chi connectivity index (χ4v) is 2.65. The van der Waals surface area contributed by atoms with Crippen LogP contribution in [-0.4, -0.2) is 60.6 Å². The molecule has 20 heavy (non-hydrogen) atoms. The van der Waals surface area contributed by atoms with Crippen molar-refractivity contribution in [2.45, 2.75) is 6.04 Å². The standard InChI is InChI=1S/C15H19N3O2/c1-17(2)14-9-18(8-13(14)10-19)15(20)12-5-3-11(7-16)4-6-12/h3-6,13-14,19H,8-10H2,1-2H3/t13-,14+/m0/s1. The molecule has 1 aromatic rings. The Balaban J connectivity index is 2.12. The molecule has 1 aromatic carbocycles. The molecule has 0 unspecified atom stereocenters. The number of amides is 1. The molecule has 1 aliphatic rings. The van der Waals surface area contributed by atoms with Crippen molar-refractivity contribution in [3.8, 4) is 6.07 Å². The van der Waals surface area contributed by atoms with Crippen LogP contribution in [0.4, 0.5) is 0 Å². The summed E-state index contributed by atoms with van der Waals surface area (Å²) in [6.07, 6.45) is 0. The Kier molecular flexibility index (Phi) is 4.38. The van der Waals surface area contributed by atoms with Crippen molar-refractivity contribution in [2.24, 2.45) is 5.92 Å². The van der Waals surface area contributed by atoms with Crippen LogP contribution >= 0.6 is 0 Å². The fourth-order valence-electron chi connectivity index (χ4n) is 2.65. The lowest BCUT2D eigenvalue weighted by Gasteiger charge is -2.23. The summed E-state index contributed by atoms with van der Waals surface area (Å²) in [6, 6.07) is 8.87. The zero-order valence-electron chi connectivity index (χ0n) is 11.8. The van der Waals surface area contributed by atoms with E-state index >= 15 is 0 Å². The van der Waals surface area contributed by atoms with Gasteiger partial charge in [0.2, 0.25) is 0 Å². The monoisotopic (exact) mass is 273 g/mol. The molecule has 1 amide bonds. The first-order valence-corrected chi connectivity index (χ1v) is 6.63. The van der Waals surface area contributed by atoms with E-state index in [1.165, 1.54) is 0 Å². The Labute approximate surface area is 119 Å². The largest absolute Gasteiger partial charge is 0.396 e. The average molecular weight is 273 g/mol. The van der Waals surface area contributed by atoms with E-state index < -0.39 is 0 Å². The summed E-state index contributed by atoms with van der Waals surface area (Å²) in [5.74, 6) is 0.0459. The highest BCUT2D eigenvalue weighted by molar-refractivity contribution is 5.94. The predicted octanol–water partition coefficient (Wildman–Crippen LogP) is 0.553. The maximum absolute atomic E-state index is 12.4. The molecule has 0 spiro atoms. The highest BCUT2D eigenvalue weighted by Crippen LogP contribution is 2.22. The van der Waals surface area contributed by atoms with Crippen LogP contribution in [0, 0.1) is 17.2 Å². The number of carbonyl (C=O) groups is 1. The molecular formula is C15H19N3O2. The topological polar surface area (TPSA) is 67.6 Å². The Morgan fingerprint density at radius 3 is 2.50 bits per heavy atom. The van der Waals surface area contributed by atoms with Gasteiger partial charge in [-0.1, -0.05) is 0 Å². The van der Waals surface area contributed by atoms with E-state index in [0.717, 1.165) is 0 Å². The molecule has 1 aliphatic heterocycles. The van der Waals surface area contributed by atoms with Crippen molar-refractivity contribution in [3.63, 3.8) is 0 Å². The number of carbonyl (C=O) groups excluding carboxylic acids is 1. The minimum Gasteiger partial charge on any atom is -0.396 e. The van der Waals surface area contributed by atoms with Crippen molar-refractivity contribution in [2.75, 3.05) is 33.8 Å². The molecule has 0 aromatic heterocycles. The summed E-state index contributed by atoms with van der Waals surface area (Å²) in [5, 5.41) is 18.2. The third kappa shape index (κ3) is 2.82. The lowest BCUT2D eigenvalue weighted by atomic mass is 10.0. The van der Waals surface area contributed by atoms with E-state index in [0.29, 0.717) is 24.2 Å². The molecular weight excluding hydrogens is 254 g/mol. The highest BCUT2D eigenvalue weighted by Gasteiger charge is 2.36. The van der Waals surface area contributed by atoms with Gasteiger partial charge >= 0.3 is 0 Å². The Morgan fingerprint density at radius 1 is 1.40 bits per heavy atom. The van der Waals surface area contributed by atoms with Gasteiger partial charge in [0.05, 0.1) is 11.6 Å². The van der Waals surface area contributed by atoms with E-state index in [1.54, 1.807) is 29.2 Å². The van der Waals surface area contributed by atoms with Crippen LogP contribution in [0.25, 0.3) is 0 Å². The van der Waals surface area contributed by atoms with Gasteiger partial charge in [0.25, 0.3) is 5.91 Å². The molecule has 2 atom stereocenters. The van der Waals surface area contributed by atoms with Gasteiger partial charge in [-0.25, -0.2) is 0 Å². The molecule has 5 nitrogen and oxygen atoms in total. The Bertz CT molecular complexity index is 519. The van der Waals surface area contributed by atoms with Gasteiger partial charge in [-0.15, -0.1) is 0 Å². The number of likely N-dealkylation sites (tertiary alicyclic amines) is 1. The number of likely N-dealkylation sites (N-methyl/N-ethyl adjacent to an activating group) is 1. The first-order chi connectivity index (χ1) is 9.56. The first kappa shape index (κ1) is 14.5. The van der Waals surface area contributed by atoms with Crippen LogP contribution < -0.4 is 0 Å². The molecule has 5 heteroatoms. The first-order valence-electron chi connectivity index (χ1n) is 6.63. The zero-order chi connectivity index (χ0) is 14.7. The van der Waals surface area contributed by atoms with Gasteiger partial charge in [0, 0.05) is 37.2 Å². The molecule has 0 bridgehead atoms. The van der Waals surface area contributed by atoms with Crippen LogP contribution in [0.5, 0.6) is 0 Å². The van der Waals surface area contributed by atoms with Crippen LogP contribution in [0.15, 0.2) is 24.3 Å². The second-order valence-corrected chi connectivity index (χ2v) is 5.37. The number of aliphatic hydroxyl groups excluding tert-OH is 1. The summed E-state index contributed by atoms with van der Waals surface area (Å²) >= 11 is 0. The third-order valence-corrected chi connectivity index (χ3v) is 3.85. The SMILES string of the molecule is CN(C)[C@@H]1CN(C(=O)c2ccc(C#N)cc2)C[C@H]1CO. The summed E-state index contributed by atoms with van der Waals surface area (Å²) < 4.78 is 0. The normalized spacial score (nSPS) is 22.1. The molecule has 106 valence electrons. The molecule has 0 aliphatic carbocycles. The van der Waals surface area contributed by atoms with E-state index in [1.807, 2.05) is 25.1 Å². The van der Waals surface area contributed by atoms with Gasteiger partial charge in [0.15, 0.2) is 0 Å². The minimum atomic E-state index is -0.0442. The second-order valence-electron chi connectivity index (χ2n) is 5.37. The van der Waals surface area contributed by atoms with Crippen LogP contribution in [0.1, 0.15) is 15.9 Å². The average Bonchev–Trinajstić information content (AvgIpc) is 2.91. The number of hydrogen-bond donors (Lipinski definition) is 1. The third-order valence-electron chi connectivity index (χ3n) is 3.85. The lowest BCUT2D eigenvalue weighted by Crippen LogP contribution is -2.37. The van der Waals surface area contributed by atoms with Crippen molar-refractivity contribution in [1.29, 1.82) is 5.26 Å². The predicted molar refractivity (Wildman–Crippen MR) is 75.1 cm³/mol. The highest BCUT2D eigenvalue weighted by atomic mass is 16.3. The fraction of sp³-hybridized carbons (Fsp3) is 0.467. The van der Waals surface area contributed by atoms with E-state index in [-0.39, 0.29) is 24.5 Å². The van der Waals surface area contributed by atoms with Gasteiger partial charge in [-0.3, -0.25) is 4.79 Å². The number of rotatable bonds is 3. The van der Waals surface area contributed by atoms with Gasteiger partial charge < -0.3 is 14.9 Å². The molecule has 0 radical (unpaired) electrons. The van der Waals surface area contributed by atoms with Crippen LogP contribution in [-0.2, 0) is 0 Å². The molecule has 0 saturated carbocycles. The van der Waals surface area contributed by atoms with Gasteiger partial charge in [-0.2, -0.15) is 5.26 Å². The zero-order valence-corrected chi connectivity index (χ0v) is 11.8. The molecule has 1 saturated heterocycles. The minimum absolute atomic E-state index is 0.0442. The molecule has 1 heterocycles. The van der Waals surface area contributed by atoms with Crippen LogP contribution in [0.2, 0.25) is 0 Å². The Hall–Kier alpha value is -1.90. The number of hydrogen-bond acceptors (Lipinski definition) is 4. The van der Waals surface area contributed by atoms with Gasteiger partial charge in [-0.05, 0) is 38.4 Å². The molecule has 1 fully saturated rings. The van der Waals surface area contributed by atoms with Crippen molar-refractivity contribution in [3.05, 3.63) is 35.4 Å². The maximum atomic E-state index is 12.4. The summed E-state index contributed by atoms with van der Waals surface area (Å²) in [6.45, 7) is 1.27. The number of nitriles is 1.